The van der Waals surface area contributed by atoms with Gasteiger partial charge in [-0.15, -0.1) is 0 Å². The van der Waals surface area contributed by atoms with Crippen LogP contribution in [-0.4, -0.2) is 37.6 Å². The number of hydrogen-bond donors (Lipinski definition) is 1. The van der Waals surface area contributed by atoms with Gasteiger partial charge in [0.1, 0.15) is 0 Å². The van der Waals surface area contributed by atoms with Crippen LogP contribution in [0.1, 0.15) is 19.8 Å². The summed E-state index contributed by atoms with van der Waals surface area (Å²) in [5.41, 5.74) is 0. The molecular weight excluding hydrogens is 124 g/mol. The Morgan fingerprint density at radius 2 is 2.20 bits per heavy atom. The van der Waals surface area contributed by atoms with Crippen LogP contribution in [0, 0.1) is 0 Å². The molecule has 1 saturated heterocycles. The standard InChI is InChI=1S/C8H18N2/c1-8-7-10(2)6-4-3-5-9-8/h8-9H,3-7H2,1-2H3/t8-/m1/s1. The number of nitrogens with one attached hydrogen (secondary N) is 1. The van der Waals surface area contributed by atoms with E-state index >= 15 is 0 Å². The van der Waals surface area contributed by atoms with Crippen LogP contribution in [-0.2, 0) is 0 Å². The van der Waals surface area contributed by atoms with Crippen molar-refractivity contribution in [2.45, 2.75) is 25.8 Å². The van der Waals surface area contributed by atoms with Crippen LogP contribution in [0.5, 0.6) is 0 Å². The fraction of sp³-hybridized carbons (Fsp3) is 1.00. The highest BCUT2D eigenvalue weighted by atomic mass is 15.1. The van der Waals surface area contributed by atoms with E-state index in [-0.39, 0.29) is 0 Å². The molecule has 1 heterocycles. The normalized spacial score (nSPS) is 31.2. The molecule has 0 unspecified atom stereocenters. The molecule has 0 aliphatic carbocycles. The zero-order chi connectivity index (χ0) is 7.40. The topological polar surface area (TPSA) is 15.3 Å². The van der Waals surface area contributed by atoms with Gasteiger partial charge in [-0.05, 0) is 39.9 Å². The Bertz CT molecular complexity index is 83.3. The molecule has 0 bridgehead atoms. The van der Waals surface area contributed by atoms with Gasteiger partial charge < -0.3 is 10.2 Å². The minimum Gasteiger partial charge on any atom is -0.313 e. The van der Waals surface area contributed by atoms with Crippen molar-refractivity contribution in [3.05, 3.63) is 0 Å². The van der Waals surface area contributed by atoms with E-state index in [2.05, 4.69) is 24.2 Å². The fourth-order valence-corrected chi connectivity index (χ4v) is 1.48. The number of hydrogen-bond acceptors (Lipinski definition) is 2. The first-order chi connectivity index (χ1) is 4.79. The maximum Gasteiger partial charge on any atom is 0.0166 e. The quantitative estimate of drug-likeness (QED) is 0.535. The van der Waals surface area contributed by atoms with E-state index in [9.17, 15) is 0 Å². The Hall–Kier alpha value is -0.0800. The number of rotatable bonds is 0. The van der Waals surface area contributed by atoms with E-state index in [1.54, 1.807) is 0 Å². The molecule has 2 nitrogen and oxygen atoms in total. The van der Waals surface area contributed by atoms with Gasteiger partial charge in [0, 0.05) is 12.6 Å². The van der Waals surface area contributed by atoms with Crippen LogP contribution in [0.15, 0.2) is 0 Å². The second-order valence-corrected chi connectivity index (χ2v) is 3.32. The third-order valence-corrected chi connectivity index (χ3v) is 2.04. The maximum atomic E-state index is 3.47. The van der Waals surface area contributed by atoms with Gasteiger partial charge in [-0.25, -0.2) is 0 Å². The molecule has 0 aromatic carbocycles. The van der Waals surface area contributed by atoms with E-state index in [0.29, 0.717) is 6.04 Å². The van der Waals surface area contributed by atoms with Gasteiger partial charge in [0.05, 0.1) is 0 Å². The van der Waals surface area contributed by atoms with Crippen LogP contribution in [0.3, 0.4) is 0 Å². The molecule has 0 aromatic heterocycles. The van der Waals surface area contributed by atoms with Gasteiger partial charge in [-0.2, -0.15) is 0 Å². The molecule has 0 aromatic rings. The molecule has 10 heavy (non-hydrogen) atoms. The predicted octanol–water partition coefficient (Wildman–Crippen LogP) is 0.690. The molecule has 1 atom stereocenters. The molecule has 0 amide bonds. The lowest BCUT2D eigenvalue weighted by molar-refractivity contribution is 0.271. The second kappa shape index (κ2) is 3.94. The summed E-state index contributed by atoms with van der Waals surface area (Å²) >= 11 is 0. The van der Waals surface area contributed by atoms with Gasteiger partial charge in [-0.1, -0.05) is 0 Å². The predicted molar refractivity (Wildman–Crippen MR) is 44.2 cm³/mol. The maximum absolute atomic E-state index is 3.47. The second-order valence-electron chi connectivity index (χ2n) is 3.32. The average Bonchev–Trinajstić information content (AvgIpc) is 1.83. The van der Waals surface area contributed by atoms with Crippen molar-refractivity contribution in [2.75, 3.05) is 26.7 Å². The minimum absolute atomic E-state index is 0.672. The van der Waals surface area contributed by atoms with Crippen molar-refractivity contribution in [1.82, 2.24) is 10.2 Å². The summed E-state index contributed by atoms with van der Waals surface area (Å²) in [6.07, 6.45) is 2.67. The first kappa shape index (κ1) is 8.02. The zero-order valence-electron chi connectivity index (χ0n) is 7.06. The summed E-state index contributed by atoms with van der Waals surface area (Å²) in [6.45, 7) is 5.92. The van der Waals surface area contributed by atoms with Gasteiger partial charge in [0.15, 0.2) is 0 Å². The minimum atomic E-state index is 0.672. The van der Waals surface area contributed by atoms with E-state index < -0.39 is 0 Å². The van der Waals surface area contributed by atoms with Crippen molar-refractivity contribution in [1.29, 1.82) is 0 Å². The van der Waals surface area contributed by atoms with Crippen LogP contribution in [0.2, 0.25) is 0 Å². The van der Waals surface area contributed by atoms with Gasteiger partial charge >= 0.3 is 0 Å². The molecule has 60 valence electrons. The Morgan fingerprint density at radius 3 is 3.00 bits per heavy atom. The number of nitrogens with zero attached hydrogens (tertiary/aromatic N) is 1. The Labute approximate surface area is 63.6 Å². The van der Waals surface area contributed by atoms with Crippen LogP contribution < -0.4 is 5.32 Å². The highest BCUT2D eigenvalue weighted by Gasteiger charge is 2.07. The number of likely N-dealkylation sites (N-methyl/N-ethyl adjacent to an activating group) is 1. The SMILES string of the molecule is C[C@@H]1CN(C)CCCCN1. The third-order valence-electron chi connectivity index (χ3n) is 2.04. The fourth-order valence-electron chi connectivity index (χ4n) is 1.48. The summed E-state index contributed by atoms with van der Waals surface area (Å²) in [5, 5.41) is 3.47. The van der Waals surface area contributed by atoms with Gasteiger partial charge in [0.2, 0.25) is 0 Å². The lowest BCUT2D eigenvalue weighted by Crippen LogP contribution is -2.40. The van der Waals surface area contributed by atoms with E-state index in [1.807, 2.05) is 0 Å². The summed E-state index contributed by atoms with van der Waals surface area (Å²) in [7, 11) is 2.20. The molecule has 1 N–H and O–H groups in total. The Morgan fingerprint density at radius 1 is 1.40 bits per heavy atom. The zero-order valence-corrected chi connectivity index (χ0v) is 7.06. The Kier molecular flexibility index (Phi) is 3.16. The molecule has 1 aliphatic rings. The highest BCUT2D eigenvalue weighted by molar-refractivity contribution is 4.68. The van der Waals surface area contributed by atoms with Crippen LogP contribution >= 0.6 is 0 Å². The van der Waals surface area contributed by atoms with Crippen molar-refractivity contribution >= 4 is 0 Å². The lowest BCUT2D eigenvalue weighted by atomic mass is 10.2. The summed E-state index contributed by atoms with van der Waals surface area (Å²) < 4.78 is 0. The highest BCUT2D eigenvalue weighted by Crippen LogP contribution is 1.98. The summed E-state index contributed by atoms with van der Waals surface area (Å²) in [5.74, 6) is 0. The summed E-state index contributed by atoms with van der Waals surface area (Å²) in [6, 6.07) is 0.672. The van der Waals surface area contributed by atoms with Crippen molar-refractivity contribution in [2.24, 2.45) is 0 Å². The van der Waals surface area contributed by atoms with Crippen molar-refractivity contribution in [3.8, 4) is 0 Å². The van der Waals surface area contributed by atoms with Crippen LogP contribution in [0.25, 0.3) is 0 Å². The molecule has 1 fully saturated rings. The lowest BCUT2D eigenvalue weighted by Gasteiger charge is -2.25. The Balaban J connectivity index is 2.25. The smallest absolute Gasteiger partial charge is 0.0166 e. The molecular formula is C8H18N2. The first-order valence-electron chi connectivity index (χ1n) is 4.21. The molecule has 0 spiro atoms. The van der Waals surface area contributed by atoms with Crippen LogP contribution in [0.4, 0.5) is 0 Å². The molecule has 0 radical (unpaired) electrons. The van der Waals surface area contributed by atoms with Gasteiger partial charge in [-0.3, -0.25) is 0 Å². The summed E-state index contributed by atoms with van der Waals surface area (Å²) in [4.78, 5) is 2.40. The molecule has 1 aliphatic heterocycles. The van der Waals surface area contributed by atoms with E-state index in [0.717, 1.165) is 0 Å². The average molecular weight is 142 g/mol. The molecule has 0 saturated carbocycles. The first-order valence-corrected chi connectivity index (χ1v) is 4.21. The van der Waals surface area contributed by atoms with Crippen molar-refractivity contribution < 1.29 is 0 Å². The molecule has 1 rings (SSSR count). The van der Waals surface area contributed by atoms with E-state index in [4.69, 9.17) is 0 Å². The third kappa shape index (κ3) is 2.67. The van der Waals surface area contributed by atoms with Gasteiger partial charge in [0.25, 0.3) is 0 Å². The monoisotopic (exact) mass is 142 g/mol. The molecule has 2 heteroatoms. The van der Waals surface area contributed by atoms with Crippen molar-refractivity contribution in [3.63, 3.8) is 0 Å². The van der Waals surface area contributed by atoms with E-state index in [1.165, 1.54) is 32.5 Å². The largest absolute Gasteiger partial charge is 0.313 e.